The SMILES string of the molecule is Cc1ccc(COc2ccc(C3OCCS3)cc2)cc1. The van der Waals surface area contributed by atoms with E-state index in [1.807, 2.05) is 23.9 Å². The second-order valence-corrected chi connectivity index (χ2v) is 6.09. The number of thioether (sulfide) groups is 1. The summed E-state index contributed by atoms with van der Waals surface area (Å²) in [5, 5.41) is 0. The van der Waals surface area contributed by atoms with E-state index in [0.29, 0.717) is 6.61 Å². The molecule has 1 saturated heterocycles. The second kappa shape index (κ2) is 6.33. The summed E-state index contributed by atoms with van der Waals surface area (Å²) in [6.07, 6.45) is 0. The van der Waals surface area contributed by atoms with Crippen LogP contribution >= 0.6 is 11.8 Å². The molecule has 0 spiro atoms. The molecule has 1 aliphatic heterocycles. The monoisotopic (exact) mass is 286 g/mol. The third-order valence-electron chi connectivity index (χ3n) is 3.30. The molecule has 1 unspecified atom stereocenters. The van der Waals surface area contributed by atoms with Gasteiger partial charge >= 0.3 is 0 Å². The van der Waals surface area contributed by atoms with Crippen molar-refractivity contribution in [3.63, 3.8) is 0 Å². The molecule has 1 aliphatic rings. The summed E-state index contributed by atoms with van der Waals surface area (Å²) in [7, 11) is 0. The molecule has 1 atom stereocenters. The zero-order chi connectivity index (χ0) is 13.8. The van der Waals surface area contributed by atoms with Crippen molar-refractivity contribution in [2.24, 2.45) is 0 Å². The van der Waals surface area contributed by atoms with Crippen LogP contribution in [0.4, 0.5) is 0 Å². The molecule has 0 radical (unpaired) electrons. The average Bonchev–Trinajstić information content (AvgIpc) is 3.01. The van der Waals surface area contributed by atoms with E-state index >= 15 is 0 Å². The third-order valence-corrected chi connectivity index (χ3v) is 4.41. The molecule has 0 saturated carbocycles. The van der Waals surface area contributed by atoms with Crippen LogP contribution in [0.25, 0.3) is 0 Å². The molecule has 3 heteroatoms. The molecule has 20 heavy (non-hydrogen) atoms. The first-order chi connectivity index (χ1) is 9.81. The summed E-state index contributed by atoms with van der Waals surface area (Å²) >= 11 is 1.85. The van der Waals surface area contributed by atoms with Gasteiger partial charge in [0, 0.05) is 5.75 Å². The largest absolute Gasteiger partial charge is 0.489 e. The minimum Gasteiger partial charge on any atom is -0.489 e. The van der Waals surface area contributed by atoms with Crippen LogP contribution in [0.1, 0.15) is 22.1 Å². The number of hydrogen-bond donors (Lipinski definition) is 0. The summed E-state index contributed by atoms with van der Waals surface area (Å²) in [5.41, 5.74) is 3.87. The Morgan fingerprint density at radius 3 is 2.50 bits per heavy atom. The van der Waals surface area contributed by atoms with Crippen molar-refractivity contribution in [1.29, 1.82) is 0 Å². The topological polar surface area (TPSA) is 18.5 Å². The Labute approximate surface area is 124 Å². The standard InChI is InChI=1S/C17H18O2S/c1-13-2-4-14(5-3-13)12-19-16-8-6-15(7-9-16)17-18-10-11-20-17/h2-9,17H,10-12H2,1H3. The number of ether oxygens (including phenoxy) is 2. The molecular weight excluding hydrogens is 268 g/mol. The van der Waals surface area contributed by atoms with E-state index in [1.165, 1.54) is 16.7 Å². The summed E-state index contributed by atoms with van der Waals surface area (Å²) < 4.78 is 11.4. The van der Waals surface area contributed by atoms with Gasteiger partial charge in [0.1, 0.15) is 17.8 Å². The molecule has 0 bridgehead atoms. The lowest BCUT2D eigenvalue weighted by molar-refractivity contribution is 0.145. The normalized spacial score (nSPS) is 18.1. The van der Waals surface area contributed by atoms with Crippen LogP contribution < -0.4 is 4.74 Å². The van der Waals surface area contributed by atoms with Crippen molar-refractivity contribution in [3.8, 4) is 5.75 Å². The molecule has 1 heterocycles. The zero-order valence-corrected chi connectivity index (χ0v) is 12.4. The van der Waals surface area contributed by atoms with Gasteiger partial charge in [0.05, 0.1) is 6.61 Å². The lowest BCUT2D eigenvalue weighted by atomic mass is 10.2. The fourth-order valence-electron chi connectivity index (χ4n) is 2.12. The quantitative estimate of drug-likeness (QED) is 0.833. The Morgan fingerprint density at radius 2 is 1.85 bits per heavy atom. The Bertz CT molecular complexity index is 542. The second-order valence-electron chi connectivity index (χ2n) is 4.92. The summed E-state index contributed by atoms with van der Waals surface area (Å²) in [4.78, 5) is 0. The van der Waals surface area contributed by atoms with Gasteiger partial charge in [0.2, 0.25) is 0 Å². The van der Waals surface area contributed by atoms with E-state index in [1.54, 1.807) is 0 Å². The summed E-state index contributed by atoms with van der Waals surface area (Å²) in [5.74, 6) is 1.98. The smallest absolute Gasteiger partial charge is 0.128 e. The molecule has 3 rings (SSSR count). The zero-order valence-electron chi connectivity index (χ0n) is 11.5. The Hall–Kier alpha value is -1.45. The maximum absolute atomic E-state index is 5.80. The van der Waals surface area contributed by atoms with E-state index in [0.717, 1.165) is 18.1 Å². The van der Waals surface area contributed by atoms with Crippen molar-refractivity contribution in [1.82, 2.24) is 0 Å². The predicted octanol–water partition coefficient (Wildman–Crippen LogP) is 4.34. The van der Waals surface area contributed by atoms with Crippen LogP contribution in [0.5, 0.6) is 5.75 Å². The van der Waals surface area contributed by atoms with Crippen molar-refractivity contribution in [2.45, 2.75) is 19.0 Å². The van der Waals surface area contributed by atoms with Crippen LogP contribution in [0, 0.1) is 6.92 Å². The van der Waals surface area contributed by atoms with E-state index in [-0.39, 0.29) is 5.44 Å². The maximum atomic E-state index is 5.80. The highest BCUT2D eigenvalue weighted by Gasteiger charge is 2.17. The van der Waals surface area contributed by atoms with Crippen molar-refractivity contribution >= 4 is 11.8 Å². The minimum atomic E-state index is 0.196. The highest BCUT2D eigenvalue weighted by atomic mass is 32.2. The summed E-state index contributed by atoms with van der Waals surface area (Å²) in [6.45, 7) is 3.54. The molecule has 0 amide bonds. The van der Waals surface area contributed by atoms with E-state index in [9.17, 15) is 0 Å². The van der Waals surface area contributed by atoms with Gasteiger partial charge in [-0.2, -0.15) is 0 Å². The number of rotatable bonds is 4. The summed E-state index contributed by atoms with van der Waals surface area (Å²) in [6, 6.07) is 16.6. The molecule has 0 aliphatic carbocycles. The molecule has 0 aromatic heterocycles. The fourth-order valence-corrected chi connectivity index (χ4v) is 3.07. The average molecular weight is 286 g/mol. The number of aryl methyl sites for hydroxylation is 1. The van der Waals surface area contributed by atoms with E-state index in [2.05, 4.69) is 43.3 Å². The third kappa shape index (κ3) is 3.35. The predicted molar refractivity (Wildman–Crippen MR) is 83.1 cm³/mol. The Morgan fingerprint density at radius 1 is 1.10 bits per heavy atom. The molecular formula is C17H18O2S. The fraction of sp³-hybridized carbons (Fsp3) is 0.294. The first kappa shape index (κ1) is 13.5. The Balaban J connectivity index is 1.59. The first-order valence-corrected chi connectivity index (χ1v) is 7.88. The molecule has 1 fully saturated rings. The molecule has 104 valence electrons. The minimum absolute atomic E-state index is 0.196. The molecule has 0 N–H and O–H groups in total. The van der Waals surface area contributed by atoms with Crippen LogP contribution in [-0.2, 0) is 11.3 Å². The lowest BCUT2D eigenvalue weighted by Crippen LogP contribution is -1.96. The van der Waals surface area contributed by atoms with Gasteiger partial charge in [-0.25, -0.2) is 0 Å². The molecule has 2 aromatic carbocycles. The lowest BCUT2D eigenvalue weighted by Gasteiger charge is -2.11. The van der Waals surface area contributed by atoms with E-state index < -0.39 is 0 Å². The van der Waals surface area contributed by atoms with Gasteiger partial charge in [-0.3, -0.25) is 0 Å². The van der Waals surface area contributed by atoms with Gasteiger partial charge in [-0.05, 0) is 30.2 Å². The van der Waals surface area contributed by atoms with Gasteiger partial charge in [-0.1, -0.05) is 42.0 Å². The highest BCUT2D eigenvalue weighted by molar-refractivity contribution is 7.99. The van der Waals surface area contributed by atoms with Gasteiger partial charge in [0.25, 0.3) is 0 Å². The van der Waals surface area contributed by atoms with Gasteiger partial charge in [0.15, 0.2) is 0 Å². The number of benzene rings is 2. The van der Waals surface area contributed by atoms with Crippen LogP contribution in [0.2, 0.25) is 0 Å². The maximum Gasteiger partial charge on any atom is 0.128 e. The van der Waals surface area contributed by atoms with Gasteiger partial charge in [-0.15, -0.1) is 11.8 Å². The highest BCUT2D eigenvalue weighted by Crippen LogP contribution is 2.35. The first-order valence-electron chi connectivity index (χ1n) is 6.83. The van der Waals surface area contributed by atoms with Crippen LogP contribution in [-0.4, -0.2) is 12.4 Å². The van der Waals surface area contributed by atoms with Gasteiger partial charge < -0.3 is 9.47 Å². The van der Waals surface area contributed by atoms with Crippen molar-refractivity contribution in [3.05, 3.63) is 65.2 Å². The van der Waals surface area contributed by atoms with Crippen LogP contribution in [0.15, 0.2) is 48.5 Å². The van der Waals surface area contributed by atoms with Crippen molar-refractivity contribution in [2.75, 3.05) is 12.4 Å². The van der Waals surface area contributed by atoms with Crippen molar-refractivity contribution < 1.29 is 9.47 Å². The number of hydrogen-bond acceptors (Lipinski definition) is 3. The molecule has 2 nitrogen and oxygen atoms in total. The van der Waals surface area contributed by atoms with Crippen LogP contribution in [0.3, 0.4) is 0 Å². The van der Waals surface area contributed by atoms with E-state index in [4.69, 9.17) is 9.47 Å². The molecule has 2 aromatic rings. The Kier molecular flexibility index (Phi) is 4.28.